The minimum Gasteiger partial charge on any atom is -0.189 e. The molecule has 0 aliphatic heterocycles. The van der Waals surface area contributed by atoms with Gasteiger partial charge in [-0.2, -0.15) is 10.2 Å². The van der Waals surface area contributed by atoms with E-state index in [-0.39, 0.29) is 0 Å². The number of hydrogen-bond acceptors (Lipinski definition) is 3. The van der Waals surface area contributed by atoms with Crippen LogP contribution in [-0.4, -0.2) is 6.54 Å². The SMILES string of the molecule is CCCCCCN=Nc1ccccc1S. The topological polar surface area (TPSA) is 24.7 Å². The fraction of sp³-hybridized carbons (Fsp3) is 0.500. The van der Waals surface area contributed by atoms with Crippen molar-refractivity contribution in [3.8, 4) is 0 Å². The lowest BCUT2D eigenvalue weighted by Crippen LogP contribution is -1.80. The first-order chi connectivity index (χ1) is 7.34. The summed E-state index contributed by atoms with van der Waals surface area (Å²) in [5.74, 6) is 0. The summed E-state index contributed by atoms with van der Waals surface area (Å²) >= 11 is 4.30. The molecule has 0 aliphatic carbocycles. The van der Waals surface area contributed by atoms with Crippen LogP contribution in [0.2, 0.25) is 0 Å². The summed E-state index contributed by atoms with van der Waals surface area (Å²) in [7, 11) is 0. The lowest BCUT2D eigenvalue weighted by Gasteiger charge is -1.96. The van der Waals surface area contributed by atoms with Crippen molar-refractivity contribution >= 4 is 18.3 Å². The second-order valence-electron chi connectivity index (χ2n) is 3.51. The fourth-order valence-electron chi connectivity index (χ4n) is 1.28. The minimum absolute atomic E-state index is 0.822. The van der Waals surface area contributed by atoms with Crippen LogP contribution < -0.4 is 0 Å². The summed E-state index contributed by atoms with van der Waals surface area (Å²) in [6.07, 6.45) is 4.93. The zero-order valence-corrected chi connectivity index (χ0v) is 10.1. The van der Waals surface area contributed by atoms with Crippen LogP contribution in [-0.2, 0) is 0 Å². The summed E-state index contributed by atoms with van der Waals surface area (Å²) in [5, 5.41) is 8.30. The zero-order valence-electron chi connectivity index (χ0n) is 9.19. The molecule has 0 heterocycles. The highest BCUT2D eigenvalue weighted by Crippen LogP contribution is 2.22. The van der Waals surface area contributed by atoms with Crippen molar-refractivity contribution in [1.82, 2.24) is 0 Å². The van der Waals surface area contributed by atoms with E-state index in [0.717, 1.165) is 23.5 Å². The number of thiol groups is 1. The van der Waals surface area contributed by atoms with Crippen LogP contribution in [0.5, 0.6) is 0 Å². The van der Waals surface area contributed by atoms with E-state index in [1.165, 1.54) is 19.3 Å². The van der Waals surface area contributed by atoms with Gasteiger partial charge in [-0.1, -0.05) is 38.3 Å². The molecule has 0 saturated heterocycles. The predicted molar refractivity (Wildman–Crippen MR) is 67.2 cm³/mol. The molecule has 3 heteroatoms. The van der Waals surface area contributed by atoms with Crippen molar-refractivity contribution in [3.05, 3.63) is 24.3 Å². The molecule has 0 aromatic heterocycles. The molecule has 2 nitrogen and oxygen atoms in total. The Bertz CT molecular complexity index is 310. The quantitative estimate of drug-likeness (QED) is 0.412. The second kappa shape index (κ2) is 7.46. The summed E-state index contributed by atoms with van der Waals surface area (Å²) < 4.78 is 0. The second-order valence-corrected chi connectivity index (χ2v) is 4.00. The molecule has 0 bridgehead atoms. The fourth-order valence-corrected chi connectivity index (χ4v) is 1.49. The van der Waals surface area contributed by atoms with Gasteiger partial charge in [0.2, 0.25) is 0 Å². The van der Waals surface area contributed by atoms with Gasteiger partial charge in [-0.15, -0.1) is 12.6 Å². The molecule has 1 aromatic carbocycles. The van der Waals surface area contributed by atoms with E-state index in [2.05, 4.69) is 29.8 Å². The van der Waals surface area contributed by atoms with Gasteiger partial charge in [-0.05, 0) is 18.6 Å². The Morgan fingerprint density at radius 1 is 1.13 bits per heavy atom. The number of nitrogens with zero attached hydrogens (tertiary/aromatic N) is 2. The molecule has 82 valence electrons. The van der Waals surface area contributed by atoms with Crippen molar-refractivity contribution in [2.24, 2.45) is 10.2 Å². The first kappa shape index (κ1) is 12.2. The number of benzene rings is 1. The average molecular weight is 222 g/mol. The molecular weight excluding hydrogens is 204 g/mol. The van der Waals surface area contributed by atoms with Crippen LogP contribution in [0.25, 0.3) is 0 Å². The molecule has 1 aromatic rings. The largest absolute Gasteiger partial charge is 0.189 e. The van der Waals surface area contributed by atoms with E-state index in [0.29, 0.717) is 0 Å². The van der Waals surface area contributed by atoms with Crippen molar-refractivity contribution in [3.63, 3.8) is 0 Å². The average Bonchev–Trinajstić information content (AvgIpc) is 2.25. The van der Waals surface area contributed by atoms with E-state index in [1.807, 2.05) is 24.3 Å². The number of azo groups is 1. The van der Waals surface area contributed by atoms with Gasteiger partial charge >= 0.3 is 0 Å². The molecule has 0 spiro atoms. The maximum absolute atomic E-state index is 4.30. The molecule has 0 saturated carbocycles. The minimum atomic E-state index is 0.822. The molecule has 0 aliphatic rings. The molecule has 0 amide bonds. The lowest BCUT2D eigenvalue weighted by atomic mass is 10.2. The summed E-state index contributed by atoms with van der Waals surface area (Å²) in [5.41, 5.74) is 0.858. The Balaban J connectivity index is 2.29. The molecule has 0 N–H and O–H groups in total. The Hall–Kier alpha value is -0.830. The van der Waals surface area contributed by atoms with Crippen LogP contribution >= 0.6 is 12.6 Å². The van der Waals surface area contributed by atoms with Crippen LogP contribution in [0, 0.1) is 0 Å². The third-order valence-corrected chi connectivity index (χ3v) is 2.55. The molecular formula is C12H18N2S. The van der Waals surface area contributed by atoms with Crippen molar-refractivity contribution < 1.29 is 0 Å². The van der Waals surface area contributed by atoms with Gasteiger partial charge in [0.15, 0.2) is 0 Å². The normalized spacial score (nSPS) is 11.1. The summed E-state index contributed by atoms with van der Waals surface area (Å²) in [6, 6.07) is 7.75. The molecule has 0 atom stereocenters. The van der Waals surface area contributed by atoms with Gasteiger partial charge in [0.25, 0.3) is 0 Å². The maximum Gasteiger partial charge on any atom is 0.0985 e. The third-order valence-electron chi connectivity index (χ3n) is 2.17. The van der Waals surface area contributed by atoms with E-state index >= 15 is 0 Å². The first-order valence-electron chi connectivity index (χ1n) is 5.50. The highest BCUT2D eigenvalue weighted by atomic mass is 32.1. The Labute approximate surface area is 97.2 Å². The van der Waals surface area contributed by atoms with Gasteiger partial charge in [0.05, 0.1) is 12.2 Å². The number of unbranched alkanes of at least 4 members (excludes halogenated alkanes) is 3. The van der Waals surface area contributed by atoms with Gasteiger partial charge in [0.1, 0.15) is 0 Å². The predicted octanol–water partition coefficient (Wildman–Crippen LogP) is 4.64. The van der Waals surface area contributed by atoms with E-state index < -0.39 is 0 Å². The zero-order chi connectivity index (χ0) is 10.9. The monoisotopic (exact) mass is 222 g/mol. The molecule has 15 heavy (non-hydrogen) atoms. The number of rotatable bonds is 6. The summed E-state index contributed by atoms with van der Waals surface area (Å²) in [4.78, 5) is 0.884. The van der Waals surface area contributed by atoms with Crippen molar-refractivity contribution in [1.29, 1.82) is 0 Å². The standard InChI is InChI=1S/C12H18N2S/c1-2-3-4-7-10-13-14-11-8-5-6-9-12(11)15/h5-6,8-9,15H,2-4,7,10H2,1H3. The molecule has 0 unspecified atom stereocenters. The highest BCUT2D eigenvalue weighted by molar-refractivity contribution is 7.80. The van der Waals surface area contributed by atoms with Crippen LogP contribution in [0.15, 0.2) is 39.4 Å². The third kappa shape index (κ3) is 4.98. The van der Waals surface area contributed by atoms with Crippen LogP contribution in [0.4, 0.5) is 5.69 Å². The smallest absolute Gasteiger partial charge is 0.0985 e. The molecule has 1 rings (SSSR count). The van der Waals surface area contributed by atoms with Gasteiger partial charge < -0.3 is 0 Å². The van der Waals surface area contributed by atoms with Gasteiger partial charge in [0, 0.05) is 4.90 Å². The van der Waals surface area contributed by atoms with E-state index in [1.54, 1.807) is 0 Å². The maximum atomic E-state index is 4.30. The highest BCUT2D eigenvalue weighted by Gasteiger charge is 1.93. The van der Waals surface area contributed by atoms with Crippen molar-refractivity contribution in [2.75, 3.05) is 6.54 Å². The Morgan fingerprint density at radius 3 is 2.67 bits per heavy atom. The van der Waals surface area contributed by atoms with Crippen LogP contribution in [0.1, 0.15) is 32.6 Å². The molecule has 0 radical (unpaired) electrons. The first-order valence-corrected chi connectivity index (χ1v) is 5.95. The number of hydrogen-bond donors (Lipinski definition) is 1. The Kier molecular flexibility index (Phi) is 6.09. The van der Waals surface area contributed by atoms with E-state index in [4.69, 9.17) is 0 Å². The van der Waals surface area contributed by atoms with Crippen LogP contribution in [0.3, 0.4) is 0 Å². The lowest BCUT2D eigenvalue weighted by molar-refractivity contribution is 0.666. The molecule has 0 fully saturated rings. The van der Waals surface area contributed by atoms with Gasteiger partial charge in [-0.3, -0.25) is 0 Å². The summed E-state index contributed by atoms with van der Waals surface area (Å²) in [6.45, 7) is 3.03. The Morgan fingerprint density at radius 2 is 1.93 bits per heavy atom. The van der Waals surface area contributed by atoms with Gasteiger partial charge in [-0.25, -0.2) is 0 Å². The van der Waals surface area contributed by atoms with E-state index in [9.17, 15) is 0 Å². The van der Waals surface area contributed by atoms with Crippen molar-refractivity contribution in [2.45, 2.75) is 37.5 Å².